The standard InChI is InChI=1S/C22H22N4O/c1-16-20(22(27)26(23-16)18-9-5-4-6-10-18)13-17-14-25(15-24(2)3)21-12-8-7-11-19(17)21/h4-14H,15H2,1-3H3. The number of hydrogen-bond donors (Lipinski definition) is 0. The molecule has 0 atom stereocenters. The highest BCUT2D eigenvalue weighted by molar-refractivity contribution is 6.32. The summed E-state index contributed by atoms with van der Waals surface area (Å²) in [7, 11) is 4.09. The zero-order chi connectivity index (χ0) is 19.0. The van der Waals surface area contributed by atoms with Crippen LogP contribution < -0.4 is 5.01 Å². The minimum absolute atomic E-state index is 0.0943. The van der Waals surface area contributed by atoms with Gasteiger partial charge in [0.15, 0.2) is 0 Å². The minimum atomic E-state index is -0.0943. The second-order valence-electron chi connectivity index (χ2n) is 6.99. The van der Waals surface area contributed by atoms with Crippen LogP contribution >= 0.6 is 0 Å². The first-order valence-electron chi connectivity index (χ1n) is 8.94. The Morgan fingerprint density at radius 3 is 2.48 bits per heavy atom. The zero-order valence-electron chi connectivity index (χ0n) is 15.8. The Morgan fingerprint density at radius 2 is 1.74 bits per heavy atom. The lowest BCUT2D eigenvalue weighted by Gasteiger charge is -2.11. The number of amides is 1. The predicted molar refractivity (Wildman–Crippen MR) is 111 cm³/mol. The van der Waals surface area contributed by atoms with E-state index in [2.05, 4.69) is 32.9 Å². The molecule has 136 valence electrons. The third kappa shape index (κ3) is 3.17. The second kappa shape index (κ2) is 6.85. The molecule has 1 aliphatic rings. The first-order valence-corrected chi connectivity index (χ1v) is 8.94. The fraction of sp³-hybridized carbons (Fsp3) is 0.182. The van der Waals surface area contributed by atoms with Crippen molar-refractivity contribution < 1.29 is 4.79 Å². The molecule has 0 aliphatic carbocycles. The Balaban J connectivity index is 1.76. The molecule has 2 aromatic carbocycles. The summed E-state index contributed by atoms with van der Waals surface area (Å²) in [6.45, 7) is 2.66. The quantitative estimate of drug-likeness (QED) is 0.662. The number of hydrazone groups is 1. The smallest absolute Gasteiger partial charge is 0.280 e. The van der Waals surface area contributed by atoms with Crippen LogP contribution in [0.25, 0.3) is 17.0 Å². The van der Waals surface area contributed by atoms with E-state index in [1.54, 1.807) is 0 Å². The van der Waals surface area contributed by atoms with Crippen LogP contribution in [0.3, 0.4) is 0 Å². The Bertz CT molecular complexity index is 1060. The van der Waals surface area contributed by atoms with E-state index >= 15 is 0 Å². The molecule has 4 rings (SSSR count). The highest BCUT2D eigenvalue weighted by atomic mass is 16.2. The molecule has 1 aromatic heterocycles. The molecular formula is C22H22N4O. The second-order valence-corrected chi connectivity index (χ2v) is 6.99. The topological polar surface area (TPSA) is 40.8 Å². The lowest BCUT2D eigenvalue weighted by Crippen LogP contribution is -2.21. The fourth-order valence-electron chi connectivity index (χ4n) is 3.40. The number of benzene rings is 2. The molecule has 1 aliphatic heterocycles. The van der Waals surface area contributed by atoms with Gasteiger partial charge in [0.25, 0.3) is 5.91 Å². The molecule has 0 unspecified atom stereocenters. The van der Waals surface area contributed by atoms with E-state index in [1.807, 2.05) is 69.6 Å². The molecule has 0 N–H and O–H groups in total. The first-order chi connectivity index (χ1) is 13.0. The maximum Gasteiger partial charge on any atom is 0.280 e. The average Bonchev–Trinajstić information content (AvgIpc) is 3.15. The summed E-state index contributed by atoms with van der Waals surface area (Å²) in [6, 6.07) is 17.8. The van der Waals surface area contributed by atoms with Gasteiger partial charge in [0.1, 0.15) is 0 Å². The summed E-state index contributed by atoms with van der Waals surface area (Å²) < 4.78 is 2.20. The van der Waals surface area contributed by atoms with Crippen LogP contribution in [0.15, 0.2) is 71.5 Å². The number of carbonyl (C=O) groups is 1. The van der Waals surface area contributed by atoms with Gasteiger partial charge in [-0.05, 0) is 45.3 Å². The molecule has 5 nitrogen and oxygen atoms in total. The van der Waals surface area contributed by atoms with Crippen LogP contribution in [0.4, 0.5) is 5.69 Å². The van der Waals surface area contributed by atoms with Gasteiger partial charge in [-0.2, -0.15) is 10.1 Å². The normalized spacial score (nSPS) is 16.0. The number of hydrogen-bond acceptors (Lipinski definition) is 3. The number of nitrogens with zero attached hydrogens (tertiary/aromatic N) is 4. The van der Waals surface area contributed by atoms with Crippen molar-refractivity contribution in [1.29, 1.82) is 0 Å². The highest BCUT2D eigenvalue weighted by Crippen LogP contribution is 2.28. The molecule has 3 aromatic rings. The largest absolute Gasteiger partial charge is 0.333 e. The molecule has 27 heavy (non-hydrogen) atoms. The molecule has 2 heterocycles. The lowest BCUT2D eigenvalue weighted by molar-refractivity contribution is -0.114. The number of para-hydroxylation sites is 2. The highest BCUT2D eigenvalue weighted by Gasteiger charge is 2.28. The molecular weight excluding hydrogens is 336 g/mol. The summed E-state index contributed by atoms with van der Waals surface area (Å²) in [6.07, 6.45) is 4.06. The van der Waals surface area contributed by atoms with Crippen molar-refractivity contribution in [2.24, 2.45) is 5.10 Å². The summed E-state index contributed by atoms with van der Waals surface area (Å²) in [5.74, 6) is -0.0943. The number of anilines is 1. The van der Waals surface area contributed by atoms with Gasteiger partial charge in [0.05, 0.1) is 23.6 Å². The van der Waals surface area contributed by atoms with E-state index in [9.17, 15) is 4.79 Å². The maximum absolute atomic E-state index is 13.0. The van der Waals surface area contributed by atoms with Gasteiger partial charge in [0.2, 0.25) is 0 Å². The molecule has 1 amide bonds. The van der Waals surface area contributed by atoms with Crippen LogP contribution in [0.2, 0.25) is 0 Å². The molecule has 0 fully saturated rings. The Labute approximate surface area is 158 Å². The summed E-state index contributed by atoms with van der Waals surface area (Å²) in [5.41, 5.74) is 4.32. The van der Waals surface area contributed by atoms with Crippen LogP contribution in [0.5, 0.6) is 0 Å². The molecule has 0 saturated heterocycles. The van der Waals surface area contributed by atoms with Crippen molar-refractivity contribution in [2.75, 3.05) is 19.1 Å². The Hall–Kier alpha value is -3.18. The van der Waals surface area contributed by atoms with Crippen molar-refractivity contribution in [3.63, 3.8) is 0 Å². The third-order valence-corrected chi connectivity index (χ3v) is 4.62. The molecule has 0 bridgehead atoms. The van der Waals surface area contributed by atoms with Gasteiger partial charge in [-0.25, -0.2) is 0 Å². The summed E-state index contributed by atoms with van der Waals surface area (Å²) in [4.78, 5) is 15.1. The minimum Gasteiger partial charge on any atom is -0.333 e. The van der Waals surface area contributed by atoms with E-state index in [1.165, 1.54) is 5.01 Å². The number of carbonyl (C=O) groups excluding carboxylic acids is 1. The zero-order valence-corrected chi connectivity index (χ0v) is 15.8. The summed E-state index contributed by atoms with van der Waals surface area (Å²) in [5, 5.41) is 7.07. The number of rotatable bonds is 4. The summed E-state index contributed by atoms with van der Waals surface area (Å²) >= 11 is 0. The fourth-order valence-corrected chi connectivity index (χ4v) is 3.40. The monoisotopic (exact) mass is 358 g/mol. The van der Waals surface area contributed by atoms with Crippen molar-refractivity contribution >= 4 is 34.3 Å². The van der Waals surface area contributed by atoms with Crippen LogP contribution in [-0.2, 0) is 11.5 Å². The maximum atomic E-state index is 13.0. The molecule has 0 saturated carbocycles. The van der Waals surface area contributed by atoms with E-state index in [4.69, 9.17) is 0 Å². The average molecular weight is 358 g/mol. The Morgan fingerprint density at radius 1 is 1.04 bits per heavy atom. The van der Waals surface area contributed by atoms with Gasteiger partial charge >= 0.3 is 0 Å². The molecule has 0 spiro atoms. The van der Waals surface area contributed by atoms with Gasteiger partial charge in [-0.1, -0.05) is 36.4 Å². The van der Waals surface area contributed by atoms with Gasteiger partial charge in [0, 0.05) is 22.7 Å². The molecule has 5 heteroatoms. The van der Waals surface area contributed by atoms with E-state index in [0.717, 1.165) is 34.5 Å². The van der Waals surface area contributed by atoms with Gasteiger partial charge < -0.3 is 4.57 Å². The first kappa shape index (κ1) is 17.2. The SMILES string of the molecule is CC1=NN(c2ccccc2)C(=O)C1=Cc1cn(CN(C)C)c2ccccc12. The predicted octanol–water partition coefficient (Wildman–Crippen LogP) is 3.97. The Kier molecular flexibility index (Phi) is 4.38. The van der Waals surface area contributed by atoms with Crippen molar-refractivity contribution in [1.82, 2.24) is 9.47 Å². The van der Waals surface area contributed by atoms with Crippen molar-refractivity contribution in [3.05, 3.63) is 71.9 Å². The van der Waals surface area contributed by atoms with Crippen molar-refractivity contribution in [3.8, 4) is 0 Å². The van der Waals surface area contributed by atoms with Gasteiger partial charge in [-0.15, -0.1) is 0 Å². The van der Waals surface area contributed by atoms with Crippen LogP contribution in [-0.4, -0.2) is 35.2 Å². The van der Waals surface area contributed by atoms with Crippen molar-refractivity contribution in [2.45, 2.75) is 13.6 Å². The van der Waals surface area contributed by atoms with E-state index in [0.29, 0.717) is 5.57 Å². The third-order valence-electron chi connectivity index (χ3n) is 4.62. The van der Waals surface area contributed by atoms with E-state index in [-0.39, 0.29) is 5.91 Å². The van der Waals surface area contributed by atoms with Crippen LogP contribution in [0, 0.1) is 0 Å². The van der Waals surface area contributed by atoms with Gasteiger partial charge in [-0.3, -0.25) is 9.69 Å². The molecule has 0 radical (unpaired) electrons. The lowest BCUT2D eigenvalue weighted by atomic mass is 10.1. The number of fused-ring (bicyclic) bond motifs is 1. The van der Waals surface area contributed by atoms with Crippen LogP contribution in [0.1, 0.15) is 12.5 Å². The number of aromatic nitrogens is 1. The van der Waals surface area contributed by atoms with E-state index < -0.39 is 0 Å².